The predicted octanol–water partition coefficient (Wildman–Crippen LogP) is 4.03. The van der Waals surface area contributed by atoms with Crippen LogP contribution >= 0.6 is 23.2 Å². The Morgan fingerprint density at radius 2 is 1.73 bits per heavy atom. The number of hydrogen-bond acceptors (Lipinski definition) is 3. The third kappa shape index (κ3) is 3.27. The van der Waals surface area contributed by atoms with Gasteiger partial charge in [0.2, 0.25) is 0 Å². The van der Waals surface area contributed by atoms with E-state index < -0.39 is 0 Å². The number of rotatable bonds is 3. The Kier molecular flexibility index (Phi) is 4.09. The van der Waals surface area contributed by atoms with Crippen molar-refractivity contribution in [2.24, 2.45) is 0 Å². The quantitative estimate of drug-likeness (QED) is 0.760. The van der Waals surface area contributed by atoms with Crippen molar-refractivity contribution in [3.63, 3.8) is 0 Å². The first-order valence-electron chi connectivity index (χ1n) is 6.35. The molecule has 2 N–H and O–H groups in total. The van der Waals surface area contributed by atoms with Crippen molar-refractivity contribution in [3.8, 4) is 11.3 Å². The summed E-state index contributed by atoms with van der Waals surface area (Å²) < 4.78 is 0. The molecule has 0 aliphatic heterocycles. The van der Waals surface area contributed by atoms with Gasteiger partial charge < -0.3 is 5.32 Å². The van der Waals surface area contributed by atoms with Gasteiger partial charge in [-0.15, -0.1) is 0 Å². The van der Waals surface area contributed by atoms with Crippen LogP contribution in [0.3, 0.4) is 0 Å². The van der Waals surface area contributed by atoms with E-state index in [2.05, 4.69) is 20.5 Å². The third-order valence-electron chi connectivity index (χ3n) is 2.94. The lowest BCUT2D eigenvalue weighted by Gasteiger charge is -2.03. The molecule has 0 aliphatic carbocycles. The van der Waals surface area contributed by atoms with Crippen LogP contribution in [0, 0.1) is 0 Å². The molecule has 1 amide bonds. The summed E-state index contributed by atoms with van der Waals surface area (Å²) in [7, 11) is 0. The molecule has 0 unspecified atom stereocenters. The molecule has 0 bridgehead atoms. The topological polar surface area (TPSA) is 70.7 Å². The second-order valence-electron chi connectivity index (χ2n) is 4.51. The van der Waals surface area contributed by atoms with Crippen LogP contribution in [0.5, 0.6) is 0 Å². The number of anilines is 1. The Morgan fingerprint density at radius 1 is 1.05 bits per heavy atom. The number of benzene rings is 1. The molecular weight excluding hydrogens is 323 g/mol. The van der Waals surface area contributed by atoms with Crippen LogP contribution < -0.4 is 5.32 Å². The van der Waals surface area contributed by atoms with Crippen molar-refractivity contribution >= 4 is 34.9 Å². The van der Waals surface area contributed by atoms with Crippen molar-refractivity contribution in [1.82, 2.24) is 15.2 Å². The molecule has 0 radical (unpaired) electrons. The first-order valence-corrected chi connectivity index (χ1v) is 7.11. The fraction of sp³-hybridized carbons (Fsp3) is 0. The fourth-order valence-electron chi connectivity index (χ4n) is 1.94. The van der Waals surface area contributed by atoms with Gasteiger partial charge in [-0.3, -0.25) is 14.9 Å². The monoisotopic (exact) mass is 332 g/mol. The maximum Gasteiger partial charge on any atom is 0.256 e. The predicted molar refractivity (Wildman–Crippen MR) is 86.2 cm³/mol. The van der Waals surface area contributed by atoms with Crippen LogP contribution in [-0.2, 0) is 0 Å². The highest BCUT2D eigenvalue weighted by atomic mass is 35.5. The van der Waals surface area contributed by atoms with Crippen LogP contribution in [0.2, 0.25) is 10.0 Å². The molecule has 3 rings (SSSR count). The van der Waals surface area contributed by atoms with Crippen molar-refractivity contribution in [1.29, 1.82) is 0 Å². The molecule has 2 aromatic heterocycles. The number of amides is 1. The normalized spacial score (nSPS) is 10.5. The van der Waals surface area contributed by atoms with Gasteiger partial charge in [-0.2, -0.15) is 5.10 Å². The summed E-state index contributed by atoms with van der Waals surface area (Å²) in [6, 6.07) is 10.1. The van der Waals surface area contributed by atoms with Crippen molar-refractivity contribution in [2.45, 2.75) is 0 Å². The van der Waals surface area contributed by atoms with E-state index in [1.165, 1.54) is 0 Å². The minimum absolute atomic E-state index is 0.336. The number of aromatic nitrogens is 3. The number of halogens is 2. The lowest BCUT2D eigenvalue weighted by atomic mass is 10.2. The van der Waals surface area contributed by atoms with E-state index in [0.29, 0.717) is 21.4 Å². The second-order valence-corrected chi connectivity index (χ2v) is 5.39. The van der Waals surface area contributed by atoms with Gasteiger partial charge in [0.05, 0.1) is 5.69 Å². The standard InChI is InChI=1S/C15H10Cl2N4O/c16-11-5-10(6-12(17)7-11)15(22)19-14-8-13(20-21-14)9-1-3-18-4-2-9/h1-8H,(H2,19,20,21,22). The molecule has 5 nitrogen and oxygen atoms in total. The van der Waals surface area contributed by atoms with Gasteiger partial charge >= 0.3 is 0 Å². The first kappa shape index (κ1) is 14.6. The Bertz CT molecular complexity index is 797. The zero-order valence-electron chi connectivity index (χ0n) is 11.2. The highest BCUT2D eigenvalue weighted by molar-refractivity contribution is 6.35. The number of aromatic amines is 1. The van der Waals surface area contributed by atoms with Crippen molar-refractivity contribution in [2.75, 3.05) is 5.32 Å². The van der Waals surface area contributed by atoms with Gasteiger partial charge in [-0.05, 0) is 30.3 Å². The zero-order chi connectivity index (χ0) is 15.5. The van der Waals surface area contributed by atoms with Gasteiger partial charge in [0.25, 0.3) is 5.91 Å². The summed E-state index contributed by atoms with van der Waals surface area (Å²) in [6.45, 7) is 0. The third-order valence-corrected chi connectivity index (χ3v) is 3.37. The molecular formula is C15H10Cl2N4O. The van der Waals surface area contributed by atoms with Gasteiger partial charge in [0, 0.05) is 39.6 Å². The molecule has 0 aliphatic rings. The summed E-state index contributed by atoms with van der Waals surface area (Å²) >= 11 is 11.8. The van der Waals surface area contributed by atoms with E-state index in [1.807, 2.05) is 12.1 Å². The Hall–Kier alpha value is -2.37. The van der Waals surface area contributed by atoms with Gasteiger partial charge in [0.15, 0.2) is 5.82 Å². The van der Waals surface area contributed by atoms with E-state index in [9.17, 15) is 4.79 Å². The largest absolute Gasteiger partial charge is 0.305 e. The molecule has 22 heavy (non-hydrogen) atoms. The van der Waals surface area contributed by atoms with E-state index in [1.54, 1.807) is 36.7 Å². The maximum atomic E-state index is 12.2. The Labute approximate surface area is 136 Å². The molecule has 1 aromatic carbocycles. The van der Waals surface area contributed by atoms with Gasteiger partial charge in [-0.1, -0.05) is 23.2 Å². The van der Waals surface area contributed by atoms with Gasteiger partial charge in [0.1, 0.15) is 0 Å². The molecule has 0 atom stereocenters. The first-order chi connectivity index (χ1) is 10.6. The summed E-state index contributed by atoms with van der Waals surface area (Å²) in [5.41, 5.74) is 2.07. The minimum Gasteiger partial charge on any atom is -0.305 e. The number of pyridine rings is 1. The van der Waals surface area contributed by atoms with Crippen LogP contribution in [0.25, 0.3) is 11.3 Å². The molecule has 2 heterocycles. The molecule has 0 saturated carbocycles. The second kappa shape index (κ2) is 6.17. The molecule has 0 saturated heterocycles. The lowest BCUT2D eigenvalue weighted by Crippen LogP contribution is -2.12. The van der Waals surface area contributed by atoms with Crippen molar-refractivity contribution in [3.05, 3.63) is 64.4 Å². The zero-order valence-corrected chi connectivity index (χ0v) is 12.7. The average molecular weight is 333 g/mol. The van der Waals surface area contributed by atoms with Crippen molar-refractivity contribution < 1.29 is 4.79 Å². The van der Waals surface area contributed by atoms with E-state index in [4.69, 9.17) is 23.2 Å². The van der Waals surface area contributed by atoms with Crippen LogP contribution in [0.1, 0.15) is 10.4 Å². The Morgan fingerprint density at radius 3 is 2.41 bits per heavy atom. The van der Waals surface area contributed by atoms with Crippen LogP contribution in [0.4, 0.5) is 5.82 Å². The number of H-pyrrole nitrogens is 1. The molecule has 0 fully saturated rings. The highest BCUT2D eigenvalue weighted by Gasteiger charge is 2.11. The smallest absolute Gasteiger partial charge is 0.256 e. The number of hydrogen-bond donors (Lipinski definition) is 2. The molecule has 3 aromatic rings. The van der Waals surface area contributed by atoms with E-state index in [-0.39, 0.29) is 5.91 Å². The number of nitrogens with zero attached hydrogens (tertiary/aromatic N) is 2. The summed E-state index contributed by atoms with van der Waals surface area (Å²) in [5.74, 6) is 0.0742. The molecule has 110 valence electrons. The molecule has 0 spiro atoms. The number of carbonyl (C=O) groups is 1. The SMILES string of the molecule is O=C(Nc1cc(-c2ccncc2)[nH]n1)c1cc(Cl)cc(Cl)c1. The average Bonchev–Trinajstić information content (AvgIpc) is 2.95. The van der Waals surface area contributed by atoms with E-state index >= 15 is 0 Å². The minimum atomic E-state index is -0.336. The summed E-state index contributed by atoms with van der Waals surface area (Å²) in [4.78, 5) is 16.1. The van der Waals surface area contributed by atoms with Crippen LogP contribution in [0.15, 0.2) is 48.8 Å². The van der Waals surface area contributed by atoms with Crippen LogP contribution in [-0.4, -0.2) is 21.1 Å². The lowest BCUT2D eigenvalue weighted by molar-refractivity contribution is 0.102. The number of nitrogens with one attached hydrogen (secondary N) is 2. The molecule has 7 heteroatoms. The highest BCUT2D eigenvalue weighted by Crippen LogP contribution is 2.21. The van der Waals surface area contributed by atoms with E-state index in [0.717, 1.165) is 11.3 Å². The Balaban J connectivity index is 1.79. The maximum absolute atomic E-state index is 12.2. The van der Waals surface area contributed by atoms with Gasteiger partial charge in [-0.25, -0.2) is 0 Å². The summed E-state index contributed by atoms with van der Waals surface area (Å²) in [5, 5.41) is 10.4. The fourth-order valence-corrected chi connectivity index (χ4v) is 2.46. The number of carbonyl (C=O) groups excluding carboxylic acids is 1. The summed E-state index contributed by atoms with van der Waals surface area (Å²) in [6.07, 6.45) is 3.37.